The topological polar surface area (TPSA) is 26.0 Å². The molecule has 3 heteroatoms. The van der Waals surface area contributed by atoms with Gasteiger partial charge in [0.05, 0.1) is 0 Å². The van der Waals surface area contributed by atoms with Gasteiger partial charge in [0.25, 0.3) is 0 Å². The van der Waals surface area contributed by atoms with Crippen molar-refractivity contribution in [2.24, 2.45) is 5.73 Å². The molecule has 0 aromatic heterocycles. The molecule has 2 atom stereocenters. The third kappa shape index (κ3) is 1.51. The highest BCUT2D eigenvalue weighted by Gasteiger charge is 2.36. The van der Waals surface area contributed by atoms with E-state index in [1.165, 1.54) is 5.56 Å². The maximum Gasteiger partial charge on any atom is 0.0442 e. The fourth-order valence-electron chi connectivity index (χ4n) is 1.37. The van der Waals surface area contributed by atoms with Crippen molar-refractivity contribution >= 4 is 27.5 Å². The Labute approximate surface area is 85.0 Å². The lowest BCUT2D eigenvalue weighted by Crippen LogP contribution is -2.01. The molecule has 12 heavy (non-hydrogen) atoms. The van der Waals surface area contributed by atoms with Crippen LogP contribution in [0.25, 0.3) is 0 Å². The van der Waals surface area contributed by atoms with E-state index >= 15 is 0 Å². The van der Waals surface area contributed by atoms with Crippen LogP contribution in [-0.4, -0.2) is 6.04 Å². The van der Waals surface area contributed by atoms with Crippen molar-refractivity contribution in [3.8, 4) is 0 Å². The fraction of sp³-hybridized carbons (Fsp3) is 0.333. The van der Waals surface area contributed by atoms with Crippen LogP contribution >= 0.6 is 27.5 Å². The summed E-state index contributed by atoms with van der Waals surface area (Å²) < 4.78 is 1.07. The highest BCUT2D eigenvalue weighted by Crippen LogP contribution is 2.42. The molecule has 1 saturated carbocycles. The zero-order chi connectivity index (χ0) is 8.72. The van der Waals surface area contributed by atoms with Crippen molar-refractivity contribution in [3.05, 3.63) is 33.3 Å². The van der Waals surface area contributed by atoms with Gasteiger partial charge in [-0.15, -0.1) is 0 Å². The Balaban J connectivity index is 2.36. The van der Waals surface area contributed by atoms with Crippen LogP contribution in [0.4, 0.5) is 0 Å². The van der Waals surface area contributed by atoms with Crippen molar-refractivity contribution in [3.63, 3.8) is 0 Å². The fourth-order valence-corrected chi connectivity index (χ4v) is 2.01. The van der Waals surface area contributed by atoms with E-state index in [0.717, 1.165) is 15.9 Å². The molecule has 0 saturated heterocycles. The van der Waals surface area contributed by atoms with Gasteiger partial charge in [0, 0.05) is 21.5 Å². The van der Waals surface area contributed by atoms with E-state index in [2.05, 4.69) is 22.0 Å². The molecule has 2 N–H and O–H groups in total. The molecule has 2 rings (SSSR count). The number of benzene rings is 1. The first kappa shape index (κ1) is 8.54. The minimum atomic E-state index is 0.316. The zero-order valence-corrected chi connectivity index (χ0v) is 8.77. The van der Waals surface area contributed by atoms with Gasteiger partial charge in [-0.1, -0.05) is 27.5 Å². The summed E-state index contributed by atoms with van der Waals surface area (Å²) >= 11 is 9.43. The number of hydrogen-bond donors (Lipinski definition) is 1. The Kier molecular flexibility index (Phi) is 2.15. The minimum Gasteiger partial charge on any atom is -0.327 e. The Hall–Kier alpha value is -0.0500. The predicted octanol–water partition coefficient (Wildman–Crippen LogP) is 2.92. The van der Waals surface area contributed by atoms with Gasteiger partial charge >= 0.3 is 0 Å². The van der Waals surface area contributed by atoms with Crippen molar-refractivity contribution in [1.82, 2.24) is 0 Å². The van der Waals surface area contributed by atoms with Crippen LogP contribution in [0.15, 0.2) is 22.7 Å². The van der Waals surface area contributed by atoms with Crippen molar-refractivity contribution in [1.29, 1.82) is 0 Å². The molecule has 0 heterocycles. The molecule has 1 aliphatic carbocycles. The Morgan fingerprint density at radius 3 is 2.75 bits per heavy atom. The lowest BCUT2D eigenvalue weighted by molar-refractivity contribution is 0.990. The third-order valence-electron chi connectivity index (χ3n) is 2.20. The van der Waals surface area contributed by atoms with Gasteiger partial charge in [-0.05, 0) is 30.2 Å². The predicted molar refractivity (Wildman–Crippen MR) is 54.5 cm³/mol. The Bertz CT molecular complexity index is 313. The van der Waals surface area contributed by atoms with Crippen LogP contribution < -0.4 is 5.73 Å². The average molecular weight is 247 g/mol. The van der Waals surface area contributed by atoms with Crippen LogP contribution in [0, 0.1) is 0 Å². The minimum absolute atomic E-state index is 0.316. The van der Waals surface area contributed by atoms with E-state index in [1.807, 2.05) is 12.1 Å². The molecule has 0 unspecified atom stereocenters. The monoisotopic (exact) mass is 245 g/mol. The summed E-state index contributed by atoms with van der Waals surface area (Å²) in [6.07, 6.45) is 1.07. The highest BCUT2D eigenvalue weighted by atomic mass is 79.9. The van der Waals surface area contributed by atoms with Crippen LogP contribution in [0.5, 0.6) is 0 Å². The first-order chi connectivity index (χ1) is 5.68. The molecule has 1 aliphatic rings. The summed E-state index contributed by atoms with van der Waals surface area (Å²) in [7, 11) is 0. The lowest BCUT2D eigenvalue weighted by atomic mass is 10.1. The van der Waals surface area contributed by atoms with Gasteiger partial charge in [-0.3, -0.25) is 0 Å². The molecule has 64 valence electrons. The maximum atomic E-state index is 6.02. The molecular formula is C9H9BrClN. The SMILES string of the molecule is N[C@@H]1C[C@H]1c1cc(Br)ccc1Cl. The summed E-state index contributed by atoms with van der Waals surface area (Å²) in [4.78, 5) is 0. The van der Waals surface area contributed by atoms with Crippen LogP contribution in [-0.2, 0) is 0 Å². The Morgan fingerprint density at radius 2 is 2.17 bits per heavy atom. The Morgan fingerprint density at radius 1 is 1.50 bits per heavy atom. The van der Waals surface area contributed by atoms with E-state index in [4.69, 9.17) is 17.3 Å². The summed E-state index contributed by atoms with van der Waals surface area (Å²) in [6.45, 7) is 0. The number of rotatable bonds is 1. The van der Waals surface area contributed by atoms with E-state index in [0.29, 0.717) is 12.0 Å². The smallest absolute Gasteiger partial charge is 0.0442 e. The van der Waals surface area contributed by atoms with Crippen LogP contribution in [0.3, 0.4) is 0 Å². The normalized spacial score (nSPS) is 27.2. The average Bonchev–Trinajstić information content (AvgIpc) is 2.73. The summed E-state index contributed by atoms with van der Waals surface area (Å²) in [5.41, 5.74) is 6.92. The van der Waals surface area contributed by atoms with Gasteiger partial charge in [0.1, 0.15) is 0 Å². The number of hydrogen-bond acceptors (Lipinski definition) is 1. The molecule has 0 spiro atoms. The van der Waals surface area contributed by atoms with E-state index < -0.39 is 0 Å². The summed E-state index contributed by atoms with van der Waals surface area (Å²) in [5, 5.41) is 0.830. The molecule has 1 fully saturated rings. The van der Waals surface area contributed by atoms with E-state index in [-0.39, 0.29) is 0 Å². The second kappa shape index (κ2) is 3.02. The van der Waals surface area contributed by atoms with Crippen molar-refractivity contribution in [2.75, 3.05) is 0 Å². The van der Waals surface area contributed by atoms with Crippen LogP contribution in [0.1, 0.15) is 17.9 Å². The molecule has 1 nitrogen and oxygen atoms in total. The maximum absolute atomic E-state index is 6.02. The highest BCUT2D eigenvalue weighted by molar-refractivity contribution is 9.10. The summed E-state index contributed by atoms with van der Waals surface area (Å²) in [6, 6.07) is 6.22. The quantitative estimate of drug-likeness (QED) is 0.810. The number of nitrogens with two attached hydrogens (primary N) is 1. The lowest BCUT2D eigenvalue weighted by Gasteiger charge is -2.02. The number of halogens is 2. The molecule has 0 aliphatic heterocycles. The standard InChI is InChI=1S/C9H9BrClN/c10-5-1-2-8(11)6(3-5)7-4-9(7)12/h1-3,7,9H,4,12H2/t7-,9+/m0/s1. The molecule has 1 aromatic carbocycles. The zero-order valence-electron chi connectivity index (χ0n) is 6.43. The van der Waals surface area contributed by atoms with E-state index in [9.17, 15) is 0 Å². The molecule has 0 amide bonds. The molecule has 0 bridgehead atoms. The van der Waals surface area contributed by atoms with Gasteiger partial charge in [-0.2, -0.15) is 0 Å². The van der Waals surface area contributed by atoms with Gasteiger partial charge < -0.3 is 5.73 Å². The van der Waals surface area contributed by atoms with Crippen LogP contribution in [0.2, 0.25) is 5.02 Å². The summed E-state index contributed by atoms with van der Waals surface area (Å²) in [5.74, 6) is 0.481. The molecule has 0 radical (unpaired) electrons. The van der Waals surface area contributed by atoms with E-state index in [1.54, 1.807) is 0 Å². The van der Waals surface area contributed by atoms with Crippen molar-refractivity contribution in [2.45, 2.75) is 18.4 Å². The van der Waals surface area contributed by atoms with Gasteiger partial charge in [0.15, 0.2) is 0 Å². The molecule has 1 aromatic rings. The first-order valence-corrected chi connectivity index (χ1v) is 5.06. The van der Waals surface area contributed by atoms with Gasteiger partial charge in [-0.25, -0.2) is 0 Å². The van der Waals surface area contributed by atoms with Gasteiger partial charge in [0.2, 0.25) is 0 Å². The second-order valence-electron chi connectivity index (χ2n) is 3.17. The van der Waals surface area contributed by atoms with Crippen molar-refractivity contribution < 1.29 is 0 Å². The second-order valence-corrected chi connectivity index (χ2v) is 4.49. The molecular weight excluding hydrogens is 237 g/mol. The first-order valence-electron chi connectivity index (χ1n) is 3.89. The third-order valence-corrected chi connectivity index (χ3v) is 3.03. The largest absolute Gasteiger partial charge is 0.327 e.